The van der Waals surface area contributed by atoms with Crippen LogP contribution < -0.4 is 10.6 Å². The van der Waals surface area contributed by atoms with Crippen molar-refractivity contribution in [3.63, 3.8) is 0 Å². The van der Waals surface area contributed by atoms with Crippen LogP contribution >= 0.6 is 0 Å². The van der Waals surface area contributed by atoms with Crippen molar-refractivity contribution in [2.75, 3.05) is 10.6 Å². The average molecular weight is 344 g/mol. The molecular formula is C23H24N2O. The van der Waals surface area contributed by atoms with E-state index >= 15 is 0 Å². The van der Waals surface area contributed by atoms with Gasteiger partial charge in [0, 0.05) is 17.4 Å². The van der Waals surface area contributed by atoms with Crippen LogP contribution in [0.2, 0.25) is 0 Å². The molecule has 0 fully saturated rings. The Morgan fingerprint density at radius 3 is 2.15 bits per heavy atom. The maximum Gasteiger partial charge on any atom is 0.228 e. The monoisotopic (exact) mass is 344 g/mol. The van der Waals surface area contributed by atoms with Crippen molar-refractivity contribution < 1.29 is 4.79 Å². The third kappa shape index (κ3) is 4.73. The van der Waals surface area contributed by atoms with Gasteiger partial charge in [0.15, 0.2) is 0 Å². The molecule has 1 amide bonds. The molecule has 2 N–H and O–H groups in total. The fourth-order valence-corrected chi connectivity index (χ4v) is 2.91. The Balaban J connectivity index is 1.57. The molecule has 0 aliphatic heterocycles. The number of anilines is 2. The smallest absolute Gasteiger partial charge is 0.228 e. The molecule has 0 heterocycles. The van der Waals surface area contributed by atoms with Gasteiger partial charge in [-0.05, 0) is 54.8 Å². The fourth-order valence-electron chi connectivity index (χ4n) is 2.91. The highest BCUT2D eigenvalue weighted by Gasteiger charge is 2.07. The molecule has 3 nitrogen and oxygen atoms in total. The number of nitrogens with one attached hydrogen (secondary N) is 2. The lowest BCUT2D eigenvalue weighted by Gasteiger charge is -2.16. The van der Waals surface area contributed by atoms with Crippen LogP contribution in [-0.2, 0) is 11.2 Å². The number of carbonyl (C=O) groups excluding carboxylic acids is 1. The van der Waals surface area contributed by atoms with E-state index in [1.54, 1.807) is 0 Å². The second-order valence-electron chi connectivity index (χ2n) is 6.51. The SMILES string of the molecule is Cc1ccccc1CC(=O)Nc1ccc(NC(C)c2ccccc2)cc1. The zero-order valence-corrected chi connectivity index (χ0v) is 15.2. The van der Waals surface area contributed by atoms with Gasteiger partial charge in [0.25, 0.3) is 0 Å². The van der Waals surface area contributed by atoms with Crippen molar-refractivity contribution in [3.8, 4) is 0 Å². The summed E-state index contributed by atoms with van der Waals surface area (Å²) in [6.07, 6.45) is 0.387. The summed E-state index contributed by atoms with van der Waals surface area (Å²) in [5.41, 5.74) is 5.26. The highest BCUT2D eigenvalue weighted by molar-refractivity contribution is 5.92. The molecule has 0 aromatic heterocycles. The number of amides is 1. The first-order valence-corrected chi connectivity index (χ1v) is 8.88. The minimum absolute atomic E-state index is 0.00216. The fraction of sp³-hybridized carbons (Fsp3) is 0.174. The minimum Gasteiger partial charge on any atom is -0.379 e. The highest BCUT2D eigenvalue weighted by atomic mass is 16.1. The first-order valence-electron chi connectivity index (χ1n) is 8.88. The van der Waals surface area contributed by atoms with Gasteiger partial charge in [0.1, 0.15) is 0 Å². The highest BCUT2D eigenvalue weighted by Crippen LogP contribution is 2.21. The molecule has 3 rings (SSSR count). The van der Waals surface area contributed by atoms with Gasteiger partial charge < -0.3 is 10.6 Å². The van der Waals surface area contributed by atoms with Crippen LogP contribution in [0, 0.1) is 6.92 Å². The van der Waals surface area contributed by atoms with Crippen LogP contribution in [0.15, 0.2) is 78.9 Å². The summed E-state index contributed by atoms with van der Waals surface area (Å²) >= 11 is 0. The van der Waals surface area contributed by atoms with Gasteiger partial charge in [0.05, 0.1) is 6.42 Å². The third-order valence-corrected chi connectivity index (χ3v) is 4.46. The van der Waals surface area contributed by atoms with Gasteiger partial charge in [-0.2, -0.15) is 0 Å². The van der Waals surface area contributed by atoms with Gasteiger partial charge >= 0.3 is 0 Å². The lowest BCUT2D eigenvalue weighted by Crippen LogP contribution is -2.15. The normalized spacial score (nSPS) is 11.6. The average Bonchev–Trinajstić information content (AvgIpc) is 2.66. The number of aryl methyl sites for hydroxylation is 1. The number of rotatable bonds is 6. The number of hydrogen-bond acceptors (Lipinski definition) is 2. The van der Waals surface area contributed by atoms with Gasteiger partial charge in [-0.25, -0.2) is 0 Å². The van der Waals surface area contributed by atoms with E-state index in [-0.39, 0.29) is 11.9 Å². The molecule has 0 radical (unpaired) electrons. The van der Waals surface area contributed by atoms with Crippen LogP contribution in [-0.4, -0.2) is 5.91 Å². The summed E-state index contributed by atoms with van der Waals surface area (Å²) in [4.78, 5) is 12.3. The van der Waals surface area contributed by atoms with Gasteiger partial charge in [-0.3, -0.25) is 4.79 Å². The Hall–Kier alpha value is -3.07. The van der Waals surface area contributed by atoms with Crippen molar-refractivity contribution in [3.05, 3.63) is 95.6 Å². The number of hydrogen-bond donors (Lipinski definition) is 2. The summed E-state index contributed by atoms with van der Waals surface area (Å²) in [6.45, 7) is 4.16. The molecule has 0 aliphatic rings. The lowest BCUT2D eigenvalue weighted by molar-refractivity contribution is -0.115. The largest absolute Gasteiger partial charge is 0.379 e. The van der Waals surface area contributed by atoms with Crippen LogP contribution in [0.1, 0.15) is 29.7 Å². The molecule has 3 heteroatoms. The zero-order chi connectivity index (χ0) is 18.4. The summed E-state index contributed by atoms with van der Waals surface area (Å²) in [5, 5.41) is 6.44. The molecule has 0 aliphatic carbocycles. The van der Waals surface area contributed by atoms with E-state index in [0.717, 1.165) is 22.5 Å². The van der Waals surface area contributed by atoms with Crippen LogP contribution in [0.4, 0.5) is 11.4 Å². The summed E-state index contributed by atoms with van der Waals surface area (Å²) in [7, 11) is 0. The maximum atomic E-state index is 12.3. The molecule has 0 saturated carbocycles. The first-order chi connectivity index (χ1) is 12.6. The molecule has 3 aromatic rings. The second kappa shape index (κ2) is 8.34. The van der Waals surface area contributed by atoms with E-state index in [1.807, 2.05) is 73.7 Å². The molecule has 132 valence electrons. The predicted octanol–water partition coefficient (Wildman–Crippen LogP) is 5.35. The van der Waals surface area contributed by atoms with E-state index in [1.165, 1.54) is 5.56 Å². The lowest BCUT2D eigenvalue weighted by atomic mass is 10.1. The minimum atomic E-state index is -0.00216. The standard InChI is InChI=1S/C23H24N2O/c1-17-8-6-7-11-20(17)16-23(26)25-22-14-12-21(13-15-22)24-18(2)19-9-4-3-5-10-19/h3-15,18,24H,16H2,1-2H3,(H,25,26). The van der Waals surface area contributed by atoms with Crippen molar-refractivity contribution >= 4 is 17.3 Å². The van der Waals surface area contributed by atoms with E-state index in [4.69, 9.17) is 0 Å². The van der Waals surface area contributed by atoms with Crippen molar-refractivity contribution in [1.29, 1.82) is 0 Å². The maximum absolute atomic E-state index is 12.3. The summed E-state index contributed by atoms with van der Waals surface area (Å²) in [6, 6.07) is 26.3. The Bertz CT molecular complexity index is 857. The topological polar surface area (TPSA) is 41.1 Å². The molecule has 26 heavy (non-hydrogen) atoms. The van der Waals surface area contributed by atoms with Crippen LogP contribution in [0.3, 0.4) is 0 Å². The quantitative estimate of drug-likeness (QED) is 0.633. The number of carbonyl (C=O) groups is 1. The summed E-state index contributed by atoms with van der Waals surface area (Å²) < 4.78 is 0. The van der Waals surface area contributed by atoms with Crippen LogP contribution in [0.25, 0.3) is 0 Å². The molecule has 1 atom stereocenters. The Kier molecular flexibility index (Phi) is 5.69. The Morgan fingerprint density at radius 1 is 0.846 bits per heavy atom. The molecule has 0 saturated heterocycles. The van der Waals surface area contributed by atoms with Crippen molar-refractivity contribution in [1.82, 2.24) is 0 Å². The van der Waals surface area contributed by atoms with Gasteiger partial charge in [-0.15, -0.1) is 0 Å². The Morgan fingerprint density at radius 2 is 1.46 bits per heavy atom. The Labute approximate surface area is 155 Å². The third-order valence-electron chi connectivity index (χ3n) is 4.46. The molecule has 0 bridgehead atoms. The first kappa shape index (κ1) is 17.7. The van der Waals surface area contributed by atoms with Crippen LogP contribution in [0.5, 0.6) is 0 Å². The van der Waals surface area contributed by atoms with Gasteiger partial charge in [-0.1, -0.05) is 54.6 Å². The molecule has 0 spiro atoms. The molecular weight excluding hydrogens is 320 g/mol. The van der Waals surface area contributed by atoms with E-state index in [0.29, 0.717) is 6.42 Å². The number of benzene rings is 3. The predicted molar refractivity (Wildman–Crippen MR) is 108 cm³/mol. The van der Waals surface area contributed by atoms with Crippen molar-refractivity contribution in [2.24, 2.45) is 0 Å². The molecule has 1 unspecified atom stereocenters. The molecule has 3 aromatic carbocycles. The zero-order valence-electron chi connectivity index (χ0n) is 15.2. The summed E-state index contributed by atoms with van der Waals surface area (Å²) in [5.74, 6) is -0.00216. The van der Waals surface area contributed by atoms with E-state index < -0.39 is 0 Å². The van der Waals surface area contributed by atoms with Gasteiger partial charge in [0.2, 0.25) is 5.91 Å². The van der Waals surface area contributed by atoms with E-state index in [9.17, 15) is 4.79 Å². The van der Waals surface area contributed by atoms with Crippen molar-refractivity contribution in [2.45, 2.75) is 26.3 Å². The van der Waals surface area contributed by atoms with E-state index in [2.05, 4.69) is 29.7 Å². The second-order valence-corrected chi connectivity index (χ2v) is 6.51.